The molecule has 2 aromatic heterocycles. The molecule has 0 aliphatic rings. The number of carbonyl (C=O) groups excluding carboxylic acids is 1. The molecule has 1 aromatic carbocycles. The first-order valence-electron chi connectivity index (χ1n) is 7.90. The van der Waals surface area contributed by atoms with Crippen molar-refractivity contribution in [1.29, 1.82) is 0 Å². The predicted octanol–water partition coefficient (Wildman–Crippen LogP) is 4.83. The number of hydrogen-bond donors (Lipinski definition) is 1. The number of alkyl halides is 3. The van der Waals surface area contributed by atoms with E-state index in [1.165, 1.54) is 35.6 Å². The van der Waals surface area contributed by atoms with Gasteiger partial charge in [-0.2, -0.15) is 13.2 Å². The summed E-state index contributed by atoms with van der Waals surface area (Å²) in [5, 5.41) is 4.57. The van der Waals surface area contributed by atoms with Crippen LogP contribution >= 0.6 is 11.3 Å². The number of thiophene rings is 1. The zero-order chi connectivity index (χ0) is 19.4. The van der Waals surface area contributed by atoms with Gasteiger partial charge in [-0.05, 0) is 42.6 Å². The average Bonchev–Trinajstić information content (AvgIpc) is 3.24. The molecule has 0 aliphatic carbocycles. The lowest BCUT2D eigenvalue weighted by atomic mass is 10.2. The van der Waals surface area contributed by atoms with Crippen LogP contribution in [0.4, 0.5) is 18.9 Å². The Bertz CT molecular complexity index is 903. The molecule has 3 rings (SSSR count). The van der Waals surface area contributed by atoms with E-state index in [0.717, 1.165) is 4.88 Å². The number of aromatic nitrogens is 1. The number of nitrogens with zero attached hydrogens (tertiary/aromatic N) is 1. The number of nitrogens with one attached hydrogen (secondary N) is 1. The van der Waals surface area contributed by atoms with Crippen molar-refractivity contribution >= 4 is 22.9 Å². The van der Waals surface area contributed by atoms with Gasteiger partial charge in [-0.25, -0.2) is 4.98 Å². The molecular weight excluding hydrogens is 381 g/mol. The average molecular weight is 396 g/mol. The molecule has 3 aromatic rings. The minimum Gasteiger partial charge on any atom is -0.484 e. The van der Waals surface area contributed by atoms with E-state index in [2.05, 4.69) is 15.0 Å². The van der Waals surface area contributed by atoms with Gasteiger partial charge in [0.05, 0.1) is 17.0 Å². The molecule has 5 nitrogen and oxygen atoms in total. The molecule has 1 N–H and O–H groups in total. The topological polar surface area (TPSA) is 64.4 Å². The van der Waals surface area contributed by atoms with E-state index in [4.69, 9.17) is 4.42 Å². The molecule has 142 valence electrons. The van der Waals surface area contributed by atoms with Crippen LogP contribution in [0.25, 0.3) is 10.8 Å². The Morgan fingerprint density at radius 3 is 2.63 bits per heavy atom. The van der Waals surface area contributed by atoms with Crippen LogP contribution in [0, 0.1) is 6.92 Å². The molecule has 0 spiro atoms. The Hall–Kier alpha value is -2.81. The highest BCUT2D eigenvalue weighted by Crippen LogP contribution is 2.26. The molecule has 0 radical (unpaired) electrons. The van der Waals surface area contributed by atoms with E-state index in [-0.39, 0.29) is 18.1 Å². The Morgan fingerprint density at radius 2 is 2.00 bits per heavy atom. The Morgan fingerprint density at radius 1 is 1.26 bits per heavy atom. The van der Waals surface area contributed by atoms with Crippen molar-refractivity contribution in [2.75, 3.05) is 11.9 Å². The van der Waals surface area contributed by atoms with Gasteiger partial charge >= 0.3 is 6.18 Å². The van der Waals surface area contributed by atoms with Gasteiger partial charge in [0, 0.05) is 5.69 Å². The number of halogens is 3. The molecule has 1 amide bonds. The van der Waals surface area contributed by atoms with Crippen molar-refractivity contribution in [2.45, 2.75) is 19.5 Å². The summed E-state index contributed by atoms with van der Waals surface area (Å²) in [6, 6.07) is 9.41. The lowest BCUT2D eigenvalue weighted by Gasteiger charge is -2.10. The number of anilines is 1. The smallest absolute Gasteiger partial charge is 0.422 e. The fourth-order valence-electron chi connectivity index (χ4n) is 2.25. The number of benzene rings is 1. The first-order valence-corrected chi connectivity index (χ1v) is 8.78. The molecule has 0 fully saturated rings. The van der Waals surface area contributed by atoms with E-state index in [1.54, 1.807) is 6.92 Å². The second kappa shape index (κ2) is 7.83. The summed E-state index contributed by atoms with van der Waals surface area (Å²) in [4.78, 5) is 17.4. The zero-order valence-corrected chi connectivity index (χ0v) is 15.0. The van der Waals surface area contributed by atoms with Crippen molar-refractivity contribution in [3.8, 4) is 16.5 Å². The van der Waals surface area contributed by atoms with Crippen LogP contribution in [0.15, 0.2) is 46.2 Å². The third-order valence-electron chi connectivity index (χ3n) is 3.49. The zero-order valence-electron chi connectivity index (χ0n) is 14.2. The number of oxazole rings is 1. The first kappa shape index (κ1) is 19.0. The monoisotopic (exact) mass is 396 g/mol. The number of ether oxygens (including phenoxy) is 1. The molecule has 0 saturated heterocycles. The molecule has 27 heavy (non-hydrogen) atoms. The van der Waals surface area contributed by atoms with E-state index >= 15 is 0 Å². The van der Waals surface area contributed by atoms with Gasteiger partial charge in [-0.3, -0.25) is 4.79 Å². The quantitative estimate of drug-likeness (QED) is 0.648. The van der Waals surface area contributed by atoms with Gasteiger partial charge < -0.3 is 14.5 Å². The second-order valence-corrected chi connectivity index (χ2v) is 6.60. The van der Waals surface area contributed by atoms with Gasteiger partial charge in [-0.15, -0.1) is 11.3 Å². The molecule has 0 atom stereocenters. The van der Waals surface area contributed by atoms with Gasteiger partial charge in [0.2, 0.25) is 11.8 Å². The Balaban J connectivity index is 1.58. The van der Waals surface area contributed by atoms with E-state index < -0.39 is 12.8 Å². The maximum Gasteiger partial charge on any atom is 0.422 e. The summed E-state index contributed by atoms with van der Waals surface area (Å²) in [6.07, 6.45) is -4.38. The summed E-state index contributed by atoms with van der Waals surface area (Å²) in [7, 11) is 0. The largest absolute Gasteiger partial charge is 0.484 e. The van der Waals surface area contributed by atoms with E-state index in [9.17, 15) is 18.0 Å². The van der Waals surface area contributed by atoms with Gasteiger partial charge in [0.15, 0.2) is 6.61 Å². The highest BCUT2D eigenvalue weighted by Gasteiger charge is 2.28. The highest BCUT2D eigenvalue weighted by molar-refractivity contribution is 7.13. The summed E-state index contributed by atoms with van der Waals surface area (Å²) >= 11 is 1.49. The number of aryl methyl sites for hydroxylation is 1. The van der Waals surface area contributed by atoms with Gasteiger partial charge in [0.25, 0.3) is 0 Å². The third kappa shape index (κ3) is 5.33. The first-order chi connectivity index (χ1) is 12.8. The standard InChI is InChI=1S/C18H15F3N2O3S/c1-11-14(23-17(26-11)15-3-2-8-27-15)9-16(24)22-12-4-6-13(7-5-12)25-10-18(19,20)21/h2-8H,9-10H2,1H3,(H,22,24). The molecule has 0 aliphatic heterocycles. The van der Waals surface area contributed by atoms with Crippen LogP contribution in [0.5, 0.6) is 5.75 Å². The summed E-state index contributed by atoms with van der Waals surface area (Å²) < 4.78 is 46.6. The fourth-order valence-corrected chi connectivity index (χ4v) is 2.90. The maximum atomic E-state index is 12.2. The van der Waals surface area contributed by atoms with Crippen molar-refractivity contribution in [1.82, 2.24) is 4.98 Å². The van der Waals surface area contributed by atoms with Crippen LogP contribution in [-0.2, 0) is 11.2 Å². The lowest BCUT2D eigenvalue weighted by molar-refractivity contribution is -0.153. The number of carbonyl (C=O) groups is 1. The van der Waals surface area contributed by atoms with Crippen molar-refractivity contribution in [2.24, 2.45) is 0 Å². The summed E-state index contributed by atoms with van der Waals surface area (Å²) in [5.41, 5.74) is 0.972. The van der Waals surface area contributed by atoms with E-state index in [1.807, 2.05) is 17.5 Å². The molecule has 9 heteroatoms. The molecule has 2 heterocycles. The molecular formula is C18H15F3N2O3S. The van der Waals surface area contributed by atoms with Crippen LogP contribution < -0.4 is 10.1 Å². The van der Waals surface area contributed by atoms with Crippen LogP contribution in [0.3, 0.4) is 0 Å². The maximum absolute atomic E-state index is 12.2. The van der Waals surface area contributed by atoms with Crippen LogP contribution in [0.1, 0.15) is 11.5 Å². The second-order valence-electron chi connectivity index (χ2n) is 5.65. The minimum atomic E-state index is -4.40. The highest BCUT2D eigenvalue weighted by atomic mass is 32.1. The van der Waals surface area contributed by atoms with Crippen molar-refractivity contribution in [3.05, 3.63) is 53.2 Å². The van der Waals surface area contributed by atoms with Crippen LogP contribution in [0.2, 0.25) is 0 Å². The summed E-state index contributed by atoms with van der Waals surface area (Å²) in [5.74, 6) is 0.785. The number of hydrogen-bond acceptors (Lipinski definition) is 5. The number of rotatable bonds is 6. The van der Waals surface area contributed by atoms with Gasteiger partial charge in [0.1, 0.15) is 11.5 Å². The van der Waals surface area contributed by atoms with E-state index in [0.29, 0.717) is 23.0 Å². The molecule has 0 unspecified atom stereocenters. The van der Waals surface area contributed by atoms with Crippen molar-refractivity contribution < 1.29 is 27.1 Å². The lowest BCUT2D eigenvalue weighted by Crippen LogP contribution is -2.19. The molecule has 0 saturated carbocycles. The fraction of sp³-hybridized carbons (Fsp3) is 0.222. The summed E-state index contributed by atoms with van der Waals surface area (Å²) in [6.45, 7) is 0.371. The van der Waals surface area contributed by atoms with Crippen LogP contribution in [-0.4, -0.2) is 23.7 Å². The predicted molar refractivity (Wildman–Crippen MR) is 94.9 cm³/mol. The Kier molecular flexibility index (Phi) is 5.50. The SMILES string of the molecule is Cc1oc(-c2cccs2)nc1CC(=O)Nc1ccc(OCC(F)(F)F)cc1. The number of amides is 1. The molecule has 0 bridgehead atoms. The normalized spacial score (nSPS) is 11.4. The van der Waals surface area contributed by atoms with Crippen molar-refractivity contribution in [3.63, 3.8) is 0 Å². The van der Waals surface area contributed by atoms with Gasteiger partial charge in [-0.1, -0.05) is 6.07 Å². The third-order valence-corrected chi connectivity index (χ3v) is 4.35. The minimum absolute atomic E-state index is 0.0209. The Labute approximate surface area is 156 Å².